The highest BCUT2D eigenvalue weighted by Crippen LogP contribution is 2.38. The third-order valence-electron chi connectivity index (χ3n) is 15.4. The number of halogens is 1. The van der Waals surface area contributed by atoms with Crippen LogP contribution < -0.4 is 25.2 Å². The van der Waals surface area contributed by atoms with Gasteiger partial charge in [0.2, 0.25) is 11.8 Å². The summed E-state index contributed by atoms with van der Waals surface area (Å²) in [5, 5.41) is 22.0. The van der Waals surface area contributed by atoms with Gasteiger partial charge in [-0.15, -0.1) is 0 Å². The number of hydrogen-bond acceptors (Lipinski definition) is 12. The van der Waals surface area contributed by atoms with Crippen LogP contribution >= 0.6 is 11.3 Å². The third kappa shape index (κ3) is 9.87. The Balaban J connectivity index is 0.670. The first-order chi connectivity index (χ1) is 35.4. The molecule has 3 amide bonds. The van der Waals surface area contributed by atoms with Gasteiger partial charge in [-0.25, -0.2) is 19.2 Å². The van der Waals surface area contributed by atoms with Crippen molar-refractivity contribution in [3.8, 4) is 16.9 Å². The molecule has 0 radical (unpaired) electrons. The van der Waals surface area contributed by atoms with Crippen LogP contribution in [0.5, 0.6) is 5.75 Å². The minimum Gasteiger partial charge on any atom is -0.490 e. The number of aromatic carboxylic acids is 1. The minimum absolute atomic E-state index is 0.0395. The number of nitrogens with zero attached hydrogens (tertiary/aromatic N) is 7. The van der Waals surface area contributed by atoms with Gasteiger partial charge >= 0.3 is 5.97 Å². The summed E-state index contributed by atoms with van der Waals surface area (Å²) in [7, 11) is 1.85. The summed E-state index contributed by atoms with van der Waals surface area (Å²) < 4.78 is 25.1. The van der Waals surface area contributed by atoms with Crippen molar-refractivity contribution in [2.75, 3.05) is 47.8 Å². The Hall–Kier alpha value is -7.24. The number of carboxylic acid groups (broad SMARTS) is 1. The van der Waals surface area contributed by atoms with Gasteiger partial charge in [-0.1, -0.05) is 47.7 Å². The van der Waals surface area contributed by atoms with Crippen LogP contribution in [0.25, 0.3) is 32.2 Å². The zero-order valence-electron chi connectivity index (χ0n) is 41.0. The lowest BCUT2D eigenvalue weighted by atomic mass is 9.84. The first kappa shape index (κ1) is 48.1. The van der Waals surface area contributed by atoms with Crippen LogP contribution in [0.1, 0.15) is 101 Å². The molecule has 73 heavy (non-hydrogen) atoms. The molecule has 3 fully saturated rings. The Morgan fingerprint density at radius 1 is 0.890 bits per heavy atom. The number of amides is 3. The molecule has 1 saturated carbocycles. The highest BCUT2D eigenvalue weighted by atomic mass is 32.1. The summed E-state index contributed by atoms with van der Waals surface area (Å²) in [6.45, 7) is 5.30. The molecule has 1 aliphatic carbocycles. The van der Waals surface area contributed by atoms with E-state index in [4.69, 9.17) is 9.72 Å². The van der Waals surface area contributed by atoms with E-state index in [-0.39, 0.29) is 42.5 Å². The van der Waals surface area contributed by atoms with Crippen LogP contribution in [0.2, 0.25) is 0 Å². The number of para-hydroxylation sites is 1. The van der Waals surface area contributed by atoms with Crippen LogP contribution in [-0.2, 0) is 29.6 Å². The van der Waals surface area contributed by atoms with E-state index in [2.05, 4.69) is 25.6 Å². The second kappa shape index (κ2) is 20.3. The van der Waals surface area contributed by atoms with E-state index in [0.29, 0.717) is 79.3 Å². The van der Waals surface area contributed by atoms with Gasteiger partial charge in [0, 0.05) is 68.4 Å². The quantitative estimate of drug-likeness (QED) is 0.0739. The number of piperazine rings is 1. The van der Waals surface area contributed by atoms with Gasteiger partial charge in [-0.2, -0.15) is 5.10 Å². The second-order valence-electron chi connectivity index (χ2n) is 19.9. The van der Waals surface area contributed by atoms with Crippen LogP contribution in [0.3, 0.4) is 0 Å². The van der Waals surface area contributed by atoms with E-state index >= 15 is 4.39 Å². The molecule has 2 unspecified atom stereocenters. The number of ether oxygens (including phenoxy) is 1. The normalized spacial score (nSPS) is 20.5. The topological polar surface area (TPSA) is 175 Å². The van der Waals surface area contributed by atoms with E-state index in [0.717, 1.165) is 93.3 Å². The zero-order valence-corrected chi connectivity index (χ0v) is 41.8. The van der Waals surface area contributed by atoms with Gasteiger partial charge in [-0.05, 0) is 141 Å². The van der Waals surface area contributed by atoms with Gasteiger partial charge in [0.15, 0.2) is 17.1 Å². The molecule has 0 spiro atoms. The maximum atomic E-state index is 15.7. The van der Waals surface area contributed by atoms with Gasteiger partial charge < -0.3 is 19.6 Å². The summed E-state index contributed by atoms with van der Waals surface area (Å²) in [6.07, 6.45) is 6.20. The number of carbonyl (C=O) groups excluding carboxylic acids is 3. The second-order valence-corrected chi connectivity index (χ2v) is 20.9. The number of carboxylic acids is 1. The number of aryl methyl sites for hydroxylation is 1. The number of aromatic nitrogens is 4. The summed E-state index contributed by atoms with van der Waals surface area (Å²) in [5.74, 6) is -0.589. The molecule has 4 aromatic carbocycles. The number of rotatable bonds is 13. The predicted octanol–water partition coefficient (Wildman–Crippen LogP) is 9.42. The molecule has 15 nitrogen and oxygen atoms in total. The Morgan fingerprint density at radius 2 is 1.73 bits per heavy atom. The van der Waals surface area contributed by atoms with Crippen LogP contribution in [0.15, 0.2) is 91.0 Å². The number of hydrogen-bond donors (Lipinski definition) is 3. The first-order valence-electron chi connectivity index (χ1n) is 25.4. The van der Waals surface area contributed by atoms with Crippen LogP contribution in [-0.4, -0.2) is 98.6 Å². The van der Waals surface area contributed by atoms with Gasteiger partial charge in [-0.3, -0.25) is 34.6 Å². The van der Waals surface area contributed by atoms with Crippen molar-refractivity contribution >= 4 is 72.8 Å². The lowest BCUT2D eigenvalue weighted by Crippen LogP contribution is -2.51. The Bertz CT molecular complexity index is 3240. The van der Waals surface area contributed by atoms with Crippen LogP contribution in [0.4, 0.5) is 21.0 Å². The number of pyridine rings is 1. The maximum Gasteiger partial charge on any atom is 0.355 e. The van der Waals surface area contributed by atoms with Crippen molar-refractivity contribution in [2.45, 2.75) is 89.6 Å². The van der Waals surface area contributed by atoms with Crippen molar-refractivity contribution in [2.24, 2.45) is 13.0 Å². The van der Waals surface area contributed by atoms with Crippen molar-refractivity contribution in [3.63, 3.8) is 0 Å². The number of thiazole rings is 1. The smallest absolute Gasteiger partial charge is 0.355 e. The molecular weight excluding hydrogens is 946 g/mol. The Labute approximate surface area is 426 Å². The first-order valence-corrected chi connectivity index (χ1v) is 26.2. The maximum absolute atomic E-state index is 15.7. The number of imide groups is 1. The summed E-state index contributed by atoms with van der Waals surface area (Å²) in [4.78, 5) is 66.3. The zero-order chi connectivity index (χ0) is 50.3. The molecule has 376 valence electrons. The molecule has 11 rings (SSSR count). The lowest BCUT2D eigenvalue weighted by molar-refractivity contribution is -0.134. The molecule has 2 atom stereocenters. The SMILES string of the molecule is Cc1c(OC2CCC(CCCN3CCN(c4ccc5c(C6CCC(=O)NC6=O)nn(C)c5c4)CC3F)CC2)cccc1-c1ccc(N2CCc3cccc(C(=O)Nc4nc5ccccc5s4)c3C2)nc1C(=O)O. The summed E-state index contributed by atoms with van der Waals surface area (Å²) in [6, 6.07) is 29.0. The van der Waals surface area contributed by atoms with Gasteiger partial charge in [0.25, 0.3) is 5.91 Å². The number of nitrogens with one attached hydrogen (secondary N) is 2. The number of anilines is 3. The van der Waals surface area contributed by atoms with E-state index in [1.807, 2.05) is 115 Å². The van der Waals surface area contributed by atoms with Crippen molar-refractivity contribution in [3.05, 3.63) is 125 Å². The fraction of sp³-hybridized carbons (Fsp3) is 0.375. The number of benzene rings is 4. The number of alkyl halides is 1. The average molecular weight is 1000 g/mol. The van der Waals surface area contributed by atoms with Crippen molar-refractivity contribution in [1.82, 2.24) is 30.0 Å². The fourth-order valence-corrected chi connectivity index (χ4v) is 12.2. The molecule has 17 heteroatoms. The fourth-order valence-electron chi connectivity index (χ4n) is 11.4. The molecule has 7 aromatic rings. The molecular formula is C56H58FN9O6S. The monoisotopic (exact) mass is 1000 g/mol. The molecule has 0 bridgehead atoms. The highest BCUT2D eigenvalue weighted by Gasteiger charge is 2.33. The van der Waals surface area contributed by atoms with Gasteiger partial charge in [0.05, 0.1) is 40.0 Å². The molecule has 3 N–H and O–H groups in total. The van der Waals surface area contributed by atoms with Crippen LogP contribution in [0, 0.1) is 12.8 Å². The molecule has 3 aromatic heterocycles. The number of piperidine rings is 1. The number of fused-ring (bicyclic) bond motifs is 3. The Kier molecular flexibility index (Phi) is 13.4. The molecule has 6 heterocycles. The Morgan fingerprint density at radius 3 is 2.53 bits per heavy atom. The average Bonchev–Trinajstić information content (AvgIpc) is 3.96. The van der Waals surface area contributed by atoms with Crippen molar-refractivity contribution < 1.29 is 33.4 Å². The molecule has 2 saturated heterocycles. The van der Waals surface area contributed by atoms with E-state index in [1.165, 1.54) is 11.3 Å². The lowest BCUT2D eigenvalue weighted by Gasteiger charge is -2.39. The molecule has 4 aliphatic rings. The summed E-state index contributed by atoms with van der Waals surface area (Å²) in [5.41, 5.74) is 7.89. The third-order valence-corrected chi connectivity index (χ3v) is 16.3. The molecule has 3 aliphatic heterocycles. The van der Waals surface area contributed by atoms with E-state index < -0.39 is 18.2 Å². The number of carbonyl (C=O) groups is 4. The highest BCUT2D eigenvalue weighted by molar-refractivity contribution is 7.22. The summed E-state index contributed by atoms with van der Waals surface area (Å²) >= 11 is 1.43. The van der Waals surface area contributed by atoms with Crippen molar-refractivity contribution in [1.29, 1.82) is 0 Å². The predicted molar refractivity (Wildman–Crippen MR) is 280 cm³/mol. The van der Waals surface area contributed by atoms with E-state index in [9.17, 15) is 24.3 Å². The standard InChI is InChI=1S/C56H58FN9O6S/c1-33-38(39-21-23-49(59-52(39)55(70)71)66-27-25-35-9-5-11-40(43(35)31-66)53(68)61-56-58-44-12-3-4-14-47(44)73-56)10-6-13-46(33)72-37-18-15-34(16-19-37)8-7-26-64-28-29-65(32-48(64)57)36-17-20-41-45(30-36)63(2)62-51(41)42-22-24-50(67)60-54(42)69/h3-6,9-14,17,20-21,23,30,34,37,42,48H,7-8,15-16,18-19,22,24-29,31-32H2,1-2H3,(H,70,71)(H,58,61,68)(H,60,67,69). The van der Waals surface area contributed by atoms with Gasteiger partial charge in [0.1, 0.15) is 11.6 Å². The largest absolute Gasteiger partial charge is 0.490 e. The van der Waals surface area contributed by atoms with E-state index in [1.54, 1.807) is 4.68 Å². The minimum atomic E-state index is -1.12.